The molecule has 7 heteroatoms. The lowest BCUT2D eigenvalue weighted by molar-refractivity contribution is 0.879. The minimum Gasteiger partial charge on any atom is -0.379 e. The van der Waals surface area contributed by atoms with Crippen molar-refractivity contribution in [3.63, 3.8) is 0 Å². The Morgan fingerprint density at radius 2 is 1.96 bits per heavy atom. The first-order chi connectivity index (χ1) is 11.8. The highest BCUT2D eigenvalue weighted by Gasteiger charge is 2.02. The Morgan fingerprint density at radius 1 is 1.08 bits per heavy atom. The van der Waals surface area contributed by atoms with E-state index in [9.17, 15) is 4.79 Å². The van der Waals surface area contributed by atoms with Crippen molar-refractivity contribution in [2.75, 3.05) is 5.32 Å². The average Bonchev–Trinajstić information content (AvgIpc) is 3.15. The summed E-state index contributed by atoms with van der Waals surface area (Å²) in [7, 11) is 0. The third kappa shape index (κ3) is 2.74. The largest absolute Gasteiger partial charge is 0.379 e. The van der Waals surface area contributed by atoms with Crippen LogP contribution in [0.4, 0.5) is 5.69 Å². The number of benzene rings is 1. The molecule has 24 heavy (non-hydrogen) atoms. The molecule has 1 aromatic carbocycles. The van der Waals surface area contributed by atoms with E-state index in [1.807, 2.05) is 42.5 Å². The van der Waals surface area contributed by atoms with Gasteiger partial charge in [-0.05, 0) is 36.4 Å². The van der Waals surface area contributed by atoms with E-state index in [1.54, 1.807) is 23.3 Å². The zero-order valence-corrected chi connectivity index (χ0v) is 12.7. The van der Waals surface area contributed by atoms with E-state index in [0.29, 0.717) is 17.9 Å². The Labute approximate surface area is 137 Å². The highest BCUT2D eigenvalue weighted by molar-refractivity contribution is 5.48. The Morgan fingerprint density at radius 3 is 2.75 bits per heavy atom. The molecule has 4 aromatic rings. The Hall–Kier alpha value is -3.48. The first-order valence-electron chi connectivity index (χ1n) is 7.46. The Balaban J connectivity index is 1.51. The summed E-state index contributed by atoms with van der Waals surface area (Å²) >= 11 is 0. The van der Waals surface area contributed by atoms with Crippen LogP contribution < -0.4 is 10.9 Å². The summed E-state index contributed by atoms with van der Waals surface area (Å²) in [6, 6.07) is 14.8. The van der Waals surface area contributed by atoms with Crippen molar-refractivity contribution in [3.8, 4) is 5.69 Å². The standard InChI is InChI=1S/C17H14N6O/c24-17-9-14(21-16-3-1-2-8-22(16)17)10-19-13-4-6-15(7-5-13)23-12-18-11-20-23/h1-9,11-12,19H,10H2. The zero-order valence-electron chi connectivity index (χ0n) is 12.7. The zero-order chi connectivity index (χ0) is 16.4. The lowest BCUT2D eigenvalue weighted by Crippen LogP contribution is -2.16. The number of nitrogens with one attached hydrogen (secondary N) is 1. The summed E-state index contributed by atoms with van der Waals surface area (Å²) in [5, 5.41) is 7.36. The first kappa shape index (κ1) is 14.1. The van der Waals surface area contributed by atoms with E-state index in [1.165, 1.54) is 10.7 Å². The van der Waals surface area contributed by atoms with E-state index in [2.05, 4.69) is 20.4 Å². The number of anilines is 1. The fourth-order valence-corrected chi connectivity index (χ4v) is 2.46. The second-order valence-corrected chi connectivity index (χ2v) is 5.26. The van der Waals surface area contributed by atoms with Gasteiger partial charge in [-0.1, -0.05) is 6.07 Å². The predicted octanol–water partition coefficient (Wildman–Crippen LogP) is 1.89. The van der Waals surface area contributed by atoms with Gasteiger partial charge in [0.05, 0.1) is 17.9 Å². The number of hydrogen-bond acceptors (Lipinski definition) is 5. The molecule has 0 aliphatic heterocycles. The lowest BCUT2D eigenvalue weighted by Gasteiger charge is -2.08. The van der Waals surface area contributed by atoms with E-state index < -0.39 is 0 Å². The van der Waals surface area contributed by atoms with Crippen molar-refractivity contribution in [2.45, 2.75) is 6.54 Å². The molecule has 0 spiro atoms. The van der Waals surface area contributed by atoms with Crippen molar-refractivity contribution in [3.05, 3.63) is 83.4 Å². The van der Waals surface area contributed by atoms with Crippen LogP contribution in [0.3, 0.4) is 0 Å². The molecule has 0 unspecified atom stereocenters. The molecule has 0 aliphatic rings. The molecule has 0 fully saturated rings. The van der Waals surface area contributed by atoms with Crippen LogP contribution in [0.25, 0.3) is 11.3 Å². The summed E-state index contributed by atoms with van der Waals surface area (Å²) in [4.78, 5) is 20.5. The van der Waals surface area contributed by atoms with Crippen molar-refractivity contribution in [2.24, 2.45) is 0 Å². The van der Waals surface area contributed by atoms with Gasteiger partial charge in [0.25, 0.3) is 5.56 Å². The van der Waals surface area contributed by atoms with Gasteiger partial charge in [0.1, 0.15) is 18.3 Å². The quantitative estimate of drug-likeness (QED) is 0.622. The van der Waals surface area contributed by atoms with Gasteiger partial charge >= 0.3 is 0 Å². The Kier molecular flexibility index (Phi) is 3.51. The summed E-state index contributed by atoms with van der Waals surface area (Å²) in [5.74, 6) is 0. The lowest BCUT2D eigenvalue weighted by atomic mass is 10.2. The van der Waals surface area contributed by atoms with Gasteiger partial charge in [0, 0.05) is 18.0 Å². The summed E-state index contributed by atoms with van der Waals surface area (Å²) in [6.45, 7) is 0.476. The molecule has 0 radical (unpaired) electrons. The molecular formula is C17H14N6O. The van der Waals surface area contributed by atoms with Crippen LogP contribution in [-0.4, -0.2) is 24.1 Å². The van der Waals surface area contributed by atoms with E-state index in [0.717, 1.165) is 11.4 Å². The van der Waals surface area contributed by atoms with Crippen LogP contribution in [-0.2, 0) is 6.54 Å². The van der Waals surface area contributed by atoms with Crippen molar-refractivity contribution in [1.82, 2.24) is 24.1 Å². The normalized spacial score (nSPS) is 10.8. The van der Waals surface area contributed by atoms with Crippen molar-refractivity contribution >= 4 is 11.3 Å². The van der Waals surface area contributed by atoms with E-state index >= 15 is 0 Å². The molecule has 1 N–H and O–H groups in total. The van der Waals surface area contributed by atoms with Crippen LogP contribution >= 0.6 is 0 Å². The van der Waals surface area contributed by atoms with Gasteiger partial charge in [-0.2, -0.15) is 5.10 Å². The molecule has 7 nitrogen and oxygen atoms in total. The molecule has 4 rings (SSSR count). The molecule has 3 aromatic heterocycles. The smallest absolute Gasteiger partial charge is 0.258 e. The third-order valence-electron chi connectivity index (χ3n) is 3.65. The molecule has 0 saturated heterocycles. The van der Waals surface area contributed by atoms with Crippen LogP contribution in [0, 0.1) is 0 Å². The second-order valence-electron chi connectivity index (χ2n) is 5.26. The number of pyridine rings is 1. The minimum absolute atomic E-state index is 0.0843. The SMILES string of the molecule is O=c1cc(CNc2ccc(-n3cncn3)cc2)nc2ccccn12. The van der Waals surface area contributed by atoms with Gasteiger partial charge in [-0.25, -0.2) is 14.6 Å². The molecule has 118 valence electrons. The number of nitrogens with zero attached hydrogens (tertiary/aromatic N) is 5. The maximum absolute atomic E-state index is 12.1. The van der Waals surface area contributed by atoms with Gasteiger partial charge in [-0.3, -0.25) is 9.20 Å². The number of aromatic nitrogens is 5. The molecule has 3 heterocycles. The summed E-state index contributed by atoms with van der Waals surface area (Å²) < 4.78 is 3.21. The highest BCUT2D eigenvalue weighted by Crippen LogP contribution is 2.13. The number of hydrogen-bond donors (Lipinski definition) is 1. The first-order valence-corrected chi connectivity index (χ1v) is 7.46. The van der Waals surface area contributed by atoms with E-state index in [-0.39, 0.29) is 5.56 Å². The minimum atomic E-state index is -0.0843. The molecule has 0 amide bonds. The monoisotopic (exact) mass is 318 g/mol. The van der Waals surface area contributed by atoms with Gasteiger partial charge in [0.15, 0.2) is 0 Å². The van der Waals surface area contributed by atoms with Gasteiger partial charge < -0.3 is 5.32 Å². The molecule has 0 bridgehead atoms. The van der Waals surface area contributed by atoms with Gasteiger partial charge in [0.2, 0.25) is 0 Å². The maximum Gasteiger partial charge on any atom is 0.258 e. The fraction of sp³-hybridized carbons (Fsp3) is 0.0588. The molecule has 0 saturated carbocycles. The molecular weight excluding hydrogens is 304 g/mol. The van der Waals surface area contributed by atoms with Crippen LogP contribution in [0.5, 0.6) is 0 Å². The topological polar surface area (TPSA) is 77.1 Å². The third-order valence-corrected chi connectivity index (χ3v) is 3.65. The number of fused-ring (bicyclic) bond motifs is 1. The van der Waals surface area contributed by atoms with Crippen LogP contribution in [0.15, 0.2) is 72.2 Å². The second kappa shape index (κ2) is 5.96. The van der Waals surface area contributed by atoms with Crippen LogP contribution in [0.1, 0.15) is 5.69 Å². The molecule has 0 atom stereocenters. The summed E-state index contributed by atoms with van der Waals surface area (Å²) in [5.41, 5.74) is 3.13. The fourth-order valence-electron chi connectivity index (χ4n) is 2.46. The molecule has 0 aliphatic carbocycles. The number of rotatable bonds is 4. The van der Waals surface area contributed by atoms with Gasteiger partial charge in [-0.15, -0.1) is 0 Å². The highest BCUT2D eigenvalue weighted by atomic mass is 16.1. The van der Waals surface area contributed by atoms with Crippen molar-refractivity contribution < 1.29 is 0 Å². The average molecular weight is 318 g/mol. The van der Waals surface area contributed by atoms with Crippen LogP contribution in [0.2, 0.25) is 0 Å². The van der Waals surface area contributed by atoms with Crippen molar-refractivity contribution in [1.29, 1.82) is 0 Å². The summed E-state index contributed by atoms with van der Waals surface area (Å²) in [6.07, 6.45) is 4.86. The Bertz CT molecular complexity index is 1020. The van der Waals surface area contributed by atoms with E-state index in [4.69, 9.17) is 0 Å². The predicted molar refractivity (Wildman–Crippen MR) is 90.1 cm³/mol. The maximum atomic E-state index is 12.1.